The molecule has 0 aliphatic rings. The fraction of sp³-hybridized carbons (Fsp3) is 0.900. The van der Waals surface area contributed by atoms with Crippen molar-refractivity contribution in [1.82, 2.24) is 5.32 Å². The summed E-state index contributed by atoms with van der Waals surface area (Å²) in [6, 6.07) is 0.0982. The van der Waals surface area contributed by atoms with E-state index in [0.29, 0.717) is 5.92 Å². The molecule has 0 saturated heterocycles. The van der Waals surface area contributed by atoms with Crippen LogP contribution < -0.4 is 5.32 Å². The van der Waals surface area contributed by atoms with Crippen LogP contribution in [0.1, 0.15) is 26.7 Å². The molecule has 0 aromatic carbocycles. The Kier molecular flexibility index (Phi) is 10.2. The van der Waals surface area contributed by atoms with E-state index in [0.717, 1.165) is 6.42 Å². The second-order valence-corrected chi connectivity index (χ2v) is 3.57. The standard InChI is InChI=1S/C10H21NO3.ClH/c1-5-7(2)10(11-3)8(14-4)6-9(12)13;/h7-8,10-11H,5-6H2,1-4H3,(H,12,13);1H/t7-,8+,10-;/m0./s1. The van der Waals surface area contributed by atoms with Gasteiger partial charge in [0.1, 0.15) is 0 Å². The highest BCUT2D eigenvalue weighted by Gasteiger charge is 2.26. The Balaban J connectivity index is 0. The maximum Gasteiger partial charge on any atom is 0.306 e. The molecule has 0 heterocycles. The molecule has 0 amide bonds. The molecule has 0 aliphatic heterocycles. The number of hydrogen-bond acceptors (Lipinski definition) is 3. The summed E-state index contributed by atoms with van der Waals surface area (Å²) in [4.78, 5) is 10.6. The van der Waals surface area contributed by atoms with Crippen molar-refractivity contribution >= 4 is 18.4 Å². The van der Waals surface area contributed by atoms with Crippen LogP contribution in [0.3, 0.4) is 0 Å². The molecule has 0 saturated carbocycles. The molecule has 92 valence electrons. The van der Waals surface area contributed by atoms with Crippen LogP contribution in [0.4, 0.5) is 0 Å². The number of likely N-dealkylation sites (N-methyl/N-ethyl adjacent to an activating group) is 1. The SMILES string of the molecule is CC[C@H](C)[C@H](NC)[C@@H](CC(=O)O)OC.Cl. The molecule has 0 aliphatic carbocycles. The number of ether oxygens (including phenoxy) is 1. The monoisotopic (exact) mass is 239 g/mol. The average molecular weight is 240 g/mol. The van der Waals surface area contributed by atoms with Gasteiger partial charge in [-0.1, -0.05) is 20.3 Å². The molecule has 0 fully saturated rings. The molecule has 4 nitrogen and oxygen atoms in total. The molecule has 0 aromatic rings. The van der Waals surface area contributed by atoms with Crippen molar-refractivity contribution in [2.75, 3.05) is 14.2 Å². The van der Waals surface area contributed by atoms with Gasteiger partial charge in [-0.2, -0.15) is 0 Å². The van der Waals surface area contributed by atoms with Crippen LogP contribution in [0.25, 0.3) is 0 Å². The summed E-state index contributed by atoms with van der Waals surface area (Å²) in [5, 5.41) is 11.8. The topological polar surface area (TPSA) is 58.6 Å². The number of methoxy groups -OCH3 is 1. The van der Waals surface area contributed by atoms with Gasteiger partial charge in [-0.15, -0.1) is 12.4 Å². The number of rotatable bonds is 7. The first-order valence-electron chi connectivity index (χ1n) is 4.98. The van der Waals surface area contributed by atoms with Gasteiger partial charge in [0, 0.05) is 13.2 Å². The van der Waals surface area contributed by atoms with Crippen LogP contribution in [0.15, 0.2) is 0 Å². The quantitative estimate of drug-likeness (QED) is 0.708. The van der Waals surface area contributed by atoms with Crippen LogP contribution in [-0.2, 0) is 9.53 Å². The van der Waals surface area contributed by atoms with E-state index in [2.05, 4.69) is 19.2 Å². The molecule has 0 bridgehead atoms. The average Bonchev–Trinajstić information content (AvgIpc) is 2.16. The third-order valence-corrected chi connectivity index (χ3v) is 2.67. The minimum atomic E-state index is -0.819. The molecule has 0 spiro atoms. The largest absolute Gasteiger partial charge is 0.481 e. The summed E-state index contributed by atoms with van der Waals surface area (Å²) < 4.78 is 5.19. The normalized spacial score (nSPS) is 16.3. The van der Waals surface area contributed by atoms with Crippen LogP contribution >= 0.6 is 12.4 Å². The van der Waals surface area contributed by atoms with Crippen molar-refractivity contribution in [2.45, 2.75) is 38.8 Å². The summed E-state index contributed by atoms with van der Waals surface area (Å²) in [6.07, 6.45) is 0.796. The minimum Gasteiger partial charge on any atom is -0.481 e. The lowest BCUT2D eigenvalue weighted by atomic mass is 9.93. The van der Waals surface area contributed by atoms with E-state index in [1.807, 2.05) is 7.05 Å². The first kappa shape index (κ1) is 17.1. The van der Waals surface area contributed by atoms with Gasteiger partial charge in [-0.25, -0.2) is 0 Å². The third kappa shape index (κ3) is 5.97. The lowest BCUT2D eigenvalue weighted by Gasteiger charge is -2.29. The van der Waals surface area contributed by atoms with Crippen LogP contribution in [-0.4, -0.2) is 37.4 Å². The van der Waals surface area contributed by atoms with Crippen molar-refractivity contribution in [3.63, 3.8) is 0 Å². The second-order valence-electron chi connectivity index (χ2n) is 3.57. The van der Waals surface area contributed by atoms with Crippen molar-refractivity contribution in [1.29, 1.82) is 0 Å². The number of aliphatic carboxylic acids is 1. The van der Waals surface area contributed by atoms with Gasteiger partial charge < -0.3 is 15.2 Å². The van der Waals surface area contributed by atoms with Gasteiger partial charge >= 0.3 is 5.97 Å². The molecule has 5 heteroatoms. The van der Waals surface area contributed by atoms with Gasteiger partial charge in [0.05, 0.1) is 12.5 Å². The minimum absolute atomic E-state index is 0. The zero-order valence-corrected chi connectivity index (χ0v) is 10.6. The Morgan fingerprint density at radius 2 is 2.07 bits per heavy atom. The summed E-state index contributed by atoms with van der Waals surface area (Å²) in [5.74, 6) is -0.412. The fourth-order valence-electron chi connectivity index (χ4n) is 1.62. The lowest BCUT2D eigenvalue weighted by molar-refractivity contribution is -0.140. The molecule has 0 radical (unpaired) electrons. The van der Waals surface area contributed by atoms with Crippen molar-refractivity contribution in [3.8, 4) is 0 Å². The summed E-state index contributed by atoms with van der Waals surface area (Å²) >= 11 is 0. The van der Waals surface area contributed by atoms with E-state index >= 15 is 0 Å². The van der Waals surface area contributed by atoms with Crippen LogP contribution in [0.2, 0.25) is 0 Å². The van der Waals surface area contributed by atoms with Crippen LogP contribution in [0.5, 0.6) is 0 Å². The van der Waals surface area contributed by atoms with E-state index in [4.69, 9.17) is 9.84 Å². The van der Waals surface area contributed by atoms with Crippen molar-refractivity contribution in [2.24, 2.45) is 5.92 Å². The van der Waals surface area contributed by atoms with E-state index in [9.17, 15) is 4.79 Å². The number of carboxylic acid groups (broad SMARTS) is 1. The predicted octanol–water partition coefficient (Wildman–Crippen LogP) is 1.53. The Hall–Kier alpha value is -0.320. The smallest absolute Gasteiger partial charge is 0.306 e. The van der Waals surface area contributed by atoms with E-state index < -0.39 is 5.97 Å². The fourth-order valence-corrected chi connectivity index (χ4v) is 1.62. The molecular formula is C10H22ClNO3. The molecule has 0 rings (SSSR count). The Bertz CT molecular complexity index is 178. The second kappa shape index (κ2) is 8.95. The van der Waals surface area contributed by atoms with Gasteiger partial charge in [0.15, 0.2) is 0 Å². The Morgan fingerprint density at radius 3 is 2.33 bits per heavy atom. The third-order valence-electron chi connectivity index (χ3n) is 2.67. The first-order valence-corrected chi connectivity index (χ1v) is 4.98. The zero-order chi connectivity index (χ0) is 11.1. The molecule has 2 N–H and O–H groups in total. The van der Waals surface area contributed by atoms with Gasteiger partial charge in [-0.3, -0.25) is 4.79 Å². The maximum absolute atomic E-state index is 10.6. The number of carbonyl (C=O) groups is 1. The lowest BCUT2D eigenvalue weighted by Crippen LogP contribution is -2.44. The summed E-state index contributed by atoms with van der Waals surface area (Å²) in [7, 11) is 3.39. The zero-order valence-electron chi connectivity index (χ0n) is 9.82. The molecule has 15 heavy (non-hydrogen) atoms. The Morgan fingerprint density at radius 1 is 1.53 bits per heavy atom. The molecule has 3 atom stereocenters. The number of nitrogens with one attached hydrogen (secondary N) is 1. The highest BCUT2D eigenvalue weighted by atomic mass is 35.5. The molecule has 0 aromatic heterocycles. The van der Waals surface area contributed by atoms with E-state index in [1.54, 1.807) is 7.11 Å². The van der Waals surface area contributed by atoms with E-state index in [-0.39, 0.29) is 31.0 Å². The summed E-state index contributed by atoms with van der Waals surface area (Å²) in [5.41, 5.74) is 0. The highest BCUT2D eigenvalue weighted by molar-refractivity contribution is 5.85. The van der Waals surface area contributed by atoms with Gasteiger partial charge in [0.2, 0.25) is 0 Å². The summed E-state index contributed by atoms with van der Waals surface area (Å²) in [6.45, 7) is 4.18. The van der Waals surface area contributed by atoms with Crippen LogP contribution in [0, 0.1) is 5.92 Å². The van der Waals surface area contributed by atoms with Crippen molar-refractivity contribution in [3.05, 3.63) is 0 Å². The van der Waals surface area contributed by atoms with Gasteiger partial charge in [0.25, 0.3) is 0 Å². The Labute approximate surface area is 97.8 Å². The number of hydrogen-bond donors (Lipinski definition) is 2. The van der Waals surface area contributed by atoms with Crippen molar-refractivity contribution < 1.29 is 14.6 Å². The number of halogens is 1. The molecule has 0 unspecified atom stereocenters. The number of carboxylic acids is 1. The first-order chi connectivity index (χ1) is 6.56. The van der Waals surface area contributed by atoms with Gasteiger partial charge in [-0.05, 0) is 13.0 Å². The predicted molar refractivity (Wildman–Crippen MR) is 62.6 cm³/mol. The maximum atomic E-state index is 10.6. The molecular weight excluding hydrogens is 218 g/mol. The van der Waals surface area contributed by atoms with E-state index in [1.165, 1.54) is 0 Å². The highest BCUT2D eigenvalue weighted by Crippen LogP contribution is 2.15.